The zero-order chi connectivity index (χ0) is 22.3. The van der Waals surface area contributed by atoms with Gasteiger partial charge in [-0.3, -0.25) is 14.6 Å². The minimum Gasteiger partial charge on any atom is -0.367 e. The van der Waals surface area contributed by atoms with Crippen molar-refractivity contribution in [3.63, 3.8) is 0 Å². The summed E-state index contributed by atoms with van der Waals surface area (Å²) in [6.45, 7) is 3.32. The molecule has 164 valence electrons. The van der Waals surface area contributed by atoms with E-state index in [1.807, 2.05) is 55.5 Å². The number of hydrogen-bond acceptors (Lipinski definition) is 7. The Morgan fingerprint density at radius 2 is 1.84 bits per heavy atom. The Labute approximate surface area is 186 Å². The summed E-state index contributed by atoms with van der Waals surface area (Å²) in [6, 6.07) is 15.1. The van der Waals surface area contributed by atoms with Crippen LogP contribution in [0.3, 0.4) is 0 Å². The van der Waals surface area contributed by atoms with E-state index in [1.165, 1.54) is 0 Å². The van der Waals surface area contributed by atoms with Gasteiger partial charge in [0.15, 0.2) is 5.82 Å². The minimum atomic E-state index is -0.346. The van der Waals surface area contributed by atoms with Crippen LogP contribution in [-0.2, 0) is 9.59 Å². The van der Waals surface area contributed by atoms with Crippen LogP contribution in [0.25, 0.3) is 0 Å². The quantitative estimate of drug-likeness (QED) is 0.470. The molecule has 1 fully saturated rings. The summed E-state index contributed by atoms with van der Waals surface area (Å²) in [4.78, 5) is 30.6. The average Bonchev–Trinajstić information content (AvgIpc) is 3.20. The molecular formula is C23H25N7O2. The van der Waals surface area contributed by atoms with Crippen LogP contribution >= 0.6 is 0 Å². The van der Waals surface area contributed by atoms with Crippen LogP contribution in [0.5, 0.6) is 0 Å². The first kappa shape index (κ1) is 21.2. The van der Waals surface area contributed by atoms with Crippen molar-refractivity contribution in [3.05, 3.63) is 66.5 Å². The highest BCUT2D eigenvalue weighted by molar-refractivity contribution is 6.00. The number of anilines is 4. The summed E-state index contributed by atoms with van der Waals surface area (Å²) >= 11 is 0. The molecule has 0 radical (unpaired) electrons. The standard InChI is InChI=1S/C23H25N7O2/c1-16-4-6-19(7-5-16)30-15-17(13-22(30)31)23(32)26-12-11-25-20-8-9-21(29-28-20)27-18-3-2-10-24-14-18/h2-10,14,17H,11-13,15H2,1H3,(H,25,28)(H,26,32)(H,27,29)/t17-/m0/s1. The molecule has 9 heteroatoms. The van der Waals surface area contributed by atoms with E-state index in [4.69, 9.17) is 0 Å². The molecule has 4 rings (SSSR count). The summed E-state index contributed by atoms with van der Waals surface area (Å²) in [6.07, 6.45) is 3.63. The first-order chi connectivity index (χ1) is 15.6. The number of amides is 2. The van der Waals surface area contributed by atoms with Gasteiger partial charge >= 0.3 is 0 Å². The number of hydrogen-bond donors (Lipinski definition) is 3. The van der Waals surface area contributed by atoms with E-state index in [1.54, 1.807) is 17.3 Å². The fourth-order valence-corrected chi connectivity index (χ4v) is 3.46. The number of aromatic nitrogens is 3. The third kappa shape index (κ3) is 5.37. The second-order valence-electron chi connectivity index (χ2n) is 7.63. The van der Waals surface area contributed by atoms with E-state index in [2.05, 4.69) is 31.1 Å². The molecule has 1 aromatic carbocycles. The normalized spacial score (nSPS) is 15.5. The molecule has 3 aromatic rings. The van der Waals surface area contributed by atoms with Gasteiger partial charge in [-0.1, -0.05) is 17.7 Å². The Kier molecular flexibility index (Phi) is 6.54. The number of benzene rings is 1. The summed E-state index contributed by atoms with van der Waals surface area (Å²) in [5, 5.41) is 17.4. The predicted molar refractivity (Wildman–Crippen MR) is 123 cm³/mol. The van der Waals surface area contributed by atoms with Crippen molar-refractivity contribution in [3.8, 4) is 0 Å². The second kappa shape index (κ2) is 9.86. The SMILES string of the molecule is Cc1ccc(N2C[C@@H](C(=O)NCCNc3ccc(Nc4cccnc4)nn3)CC2=O)cc1. The Morgan fingerprint density at radius 1 is 1.06 bits per heavy atom. The van der Waals surface area contributed by atoms with Crippen molar-refractivity contribution in [1.29, 1.82) is 0 Å². The van der Waals surface area contributed by atoms with Gasteiger partial charge in [0, 0.05) is 37.9 Å². The molecule has 0 spiro atoms. The van der Waals surface area contributed by atoms with Crippen molar-refractivity contribution >= 4 is 34.8 Å². The van der Waals surface area contributed by atoms with Crippen molar-refractivity contribution in [2.75, 3.05) is 35.2 Å². The molecule has 2 amide bonds. The minimum absolute atomic E-state index is 0.0256. The highest BCUT2D eigenvalue weighted by atomic mass is 16.2. The van der Waals surface area contributed by atoms with Crippen LogP contribution in [0, 0.1) is 12.8 Å². The van der Waals surface area contributed by atoms with Crippen molar-refractivity contribution in [2.45, 2.75) is 13.3 Å². The van der Waals surface area contributed by atoms with E-state index >= 15 is 0 Å². The van der Waals surface area contributed by atoms with Gasteiger partial charge in [0.05, 0.1) is 17.8 Å². The first-order valence-corrected chi connectivity index (χ1v) is 10.5. The molecular weight excluding hydrogens is 406 g/mol. The smallest absolute Gasteiger partial charge is 0.227 e. The van der Waals surface area contributed by atoms with E-state index in [0.717, 1.165) is 16.9 Å². The molecule has 1 aliphatic rings. The van der Waals surface area contributed by atoms with Crippen LogP contribution in [0.15, 0.2) is 60.9 Å². The highest BCUT2D eigenvalue weighted by Crippen LogP contribution is 2.25. The van der Waals surface area contributed by atoms with Gasteiger partial charge in [-0.25, -0.2) is 0 Å². The molecule has 1 aliphatic heterocycles. The molecule has 0 aliphatic carbocycles. The lowest BCUT2D eigenvalue weighted by atomic mass is 10.1. The third-order valence-corrected chi connectivity index (χ3v) is 5.17. The lowest BCUT2D eigenvalue weighted by molar-refractivity contribution is -0.126. The van der Waals surface area contributed by atoms with Gasteiger partial charge in [-0.15, -0.1) is 10.2 Å². The number of carbonyl (C=O) groups is 2. The largest absolute Gasteiger partial charge is 0.367 e. The first-order valence-electron chi connectivity index (χ1n) is 10.5. The highest BCUT2D eigenvalue weighted by Gasteiger charge is 2.34. The van der Waals surface area contributed by atoms with Gasteiger partial charge in [-0.05, 0) is 43.3 Å². The molecule has 1 saturated heterocycles. The molecule has 32 heavy (non-hydrogen) atoms. The molecule has 3 N–H and O–H groups in total. The van der Waals surface area contributed by atoms with Crippen LogP contribution in [0.1, 0.15) is 12.0 Å². The monoisotopic (exact) mass is 431 g/mol. The van der Waals surface area contributed by atoms with Gasteiger partial charge in [0.25, 0.3) is 0 Å². The molecule has 0 bridgehead atoms. The predicted octanol–water partition coefficient (Wildman–Crippen LogP) is 2.50. The average molecular weight is 432 g/mol. The van der Waals surface area contributed by atoms with E-state index < -0.39 is 0 Å². The lowest BCUT2D eigenvalue weighted by Crippen LogP contribution is -2.35. The molecule has 0 saturated carbocycles. The van der Waals surface area contributed by atoms with Crippen molar-refractivity contribution in [2.24, 2.45) is 5.92 Å². The maximum atomic E-state index is 12.5. The number of carbonyl (C=O) groups excluding carboxylic acids is 2. The van der Waals surface area contributed by atoms with E-state index in [-0.39, 0.29) is 24.2 Å². The Morgan fingerprint density at radius 3 is 2.56 bits per heavy atom. The number of nitrogens with one attached hydrogen (secondary N) is 3. The van der Waals surface area contributed by atoms with Gasteiger partial charge < -0.3 is 20.9 Å². The second-order valence-corrected chi connectivity index (χ2v) is 7.63. The molecule has 0 unspecified atom stereocenters. The van der Waals surface area contributed by atoms with Crippen LogP contribution in [-0.4, -0.2) is 46.6 Å². The summed E-state index contributed by atoms with van der Waals surface area (Å²) in [5.74, 6) is 0.735. The molecule has 2 aromatic heterocycles. The topological polar surface area (TPSA) is 112 Å². The van der Waals surface area contributed by atoms with Crippen LogP contribution in [0.4, 0.5) is 23.0 Å². The molecule has 3 heterocycles. The Balaban J connectivity index is 1.20. The van der Waals surface area contributed by atoms with Gasteiger partial charge in [0.2, 0.25) is 11.8 Å². The van der Waals surface area contributed by atoms with E-state index in [9.17, 15) is 9.59 Å². The summed E-state index contributed by atoms with van der Waals surface area (Å²) in [5.41, 5.74) is 2.79. The fourth-order valence-electron chi connectivity index (χ4n) is 3.46. The Hall–Kier alpha value is -4.01. The number of nitrogens with zero attached hydrogens (tertiary/aromatic N) is 4. The summed E-state index contributed by atoms with van der Waals surface area (Å²) in [7, 11) is 0. The molecule has 1 atom stereocenters. The van der Waals surface area contributed by atoms with Crippen LogP contribution < -0.4 is 20.9 Å². The Bertz CT molecular complexity index is 1060. The van der Waals surface area contributed by atoms with Crippen molar-refractivity contribution < 1.29 is 9.59 Å². The van der Waals surface area contributed by atoms with E-state index in [0.29, 0.717) is 31.3 Å². The zero-order valence-electron chi connectivity index (χ0n) is 17.8. The number of aryl methyl sites for hydroxylation is 1. The number of rotatable bonds is 8. The van der Waals surface area contributed by atoms with Gasteiger partial charge in [0.1, 0.15) is 5.82 Å². The zero-order valence-corrected chi connectivity index (χ0v) is 17.8. The van der Waals surface area contributed by atoms with Crippen molar-refractivity contribution in [1.82, 2.24) is 20.5 Å². The van der Waals surface area contributed by atoms with Gasteiger partial charge in [-0.2, -0.15) is 0 Å². The molecule has 9 nitrogen and oxygen atoms in total. The van der Waals surface area contributed by atoms with Crippen LogP contribution in [0.2, 0.25) is 0 Å². The number of pyridine rings is 1. The maximum Gasteiger partial charge on any atom is 0.227 e. The lowest BCUT2D eigenvalue weighted by Gasteiger charge is -2.17. The third-order valence-electron chi connectivity index (χ3n) is 5.17. The maximum absolute atomic E-state index is 12.5. The summed E-state index contributed by atoms with van der Waals surface area (Å²) < 4.78 is 0. The fraction of sp³-hybridized carbons (Fsp3) is 0.261.